The fourth-order valence-electron chi connectivity index (χ4n) is 2.29. The van der Waals surface area contributed by atoms with Crippen LogP contribution in [0.4, 0.5) is 3.89 Å². The van der Waals surface area contributed by atoms with Crippen molar-refractivity contribution in [2.24, 2.45) is 5.16 Å². The van der Waals surface area contributed by atoms with Crippen LogP contribution in [0.2, 0.25) is 0 Å². The average Bonchev–Trinajstić information content (AvgIpc) is 2.99. The smallest absolute Gasteiger partial charge is 0.253 e. The number of nitrogens with zero attached hydrogens (tertiary/aromatic N) is 2. The molecule has 4 N–H and O–H groups in total. The Labute approximate surface area is 160 Å². The van der Waals surface area contributed by atoms with Crippen LogP contribution >= 0.6 is 12.1 Å². The summed E-state index contributed by atoms with van der Waals surface area (Å²) in [4.78, 5) is 28.8. The number of rotatable bonds is 14. The van der Waals surface area contributed by atoms with Crippen LogP contribution < -0.4 is 0 Å². The molecule has 4 atom stereocenters. The third-order valence-corrected chi connectivity index (χ3v) is 4.53. The molecule has 0 aromatic carbocycles. The van der Waals surface area contributed by atoms with Gasteiger partial charge in [0.25, 0.3) is 11.8 Å². The monoisotopic (exact) mass is 408 g/mol. The maximum absolute atomic E-state index is 12.8. The molecule has 27 heavy (non-hydrogen) atoms. The molecule has 1 heterocycles. The zero-order valence-electron chi connectivity index (χ0n) is 14.7. The zero-order chi connectivity index (χ0) is 20.2. The predicted octanol–water partition coefficient (Wildman–Crippen LogP) is -0.465. The molecule has 1 aliphatic heterocycles. The van der Waals surface area contributed by atoms with Crippen molar-refractivity contribution in [1.82, 2.24) is 4.90 Å². The molecule has 2 amide bonds. The van der Waals surface area contributed by atoms with Crippen molar-refractivity contribution >= 4 is 30.2 Å². The van der Waals surface area contributed by atoms with E-state index in [9.17, 15) is 28.8 Å². The van der Waals surface area contributed by atoms with Gasteiger partial charge in [0.15, 0.2) is 0 Å². The molecular weight excluding hydrogens is 383 g/mol. The first-order chi connectivity index (χ1) is 12.9. The average molecular weight is 408 g/mol. The Kier molecular flexibility index (Phi) is 11.1. The highest BCUT2D eigenvalue weighted by Crippen LogP contribution is 2.18. The Balaban J connectivity index is 2.13. The quantitative estimate of drug-likeness (QED) is 0.131. The number of aliphatic hydroxyl groups excluding tert-OH is 4. The molecule has 0 bridgehead atoms. The van der Waals surface area contributed by atoms with Crippen LogP contribution in [0.3, 0.4) is 0 Å². The number of carbonyl (C=O) groups excluding carboxylic acids is 2. The number of hydrogen-bond acceptors (Lipinski definition) is 9. The van der Waals surface area contributed by atoms with Gasteiger partial charge in [-0.05, 0) is 19.3 Å². The minimum absolute atomic E-state index is 0.251. The lowest BCUT2D eigenvalue weighted by molar-refractivity contribution is -0.136. The van der Waals surface area contributed by atoms with Crippen LogP contribution in [0, 0.1) is 0 Å². The molecule has 1 aliphatic rings. The zero-order valence-corrected chi connectivity index (χ0v) is 15.5. The third-order valence-electron chi connectivity index (χ3n) is 3.92. The van der Waals surface area contributed by atoms with E-state index >= 15 is 0 Å². The number of aliphatic hydroxyl groups is 4. The summed E-state index contributed by atoms with van der Waals surface area (Å²) in [5, 5.41) is 39.5. The van der Waals surface area contributed by atoms with E-state index in [0.717, 1.165) is 19.1 Å². The summed E-state index contributed by atoms with van der Waals surface area (Å²) < 4.78 is 12.8. The van der Waals surface area contributed by atoms with Crippen molar-refractivity contribution in [3.05, 3.63) is 12.2 Å². The van der Waals surface area contributed by atoms with Gasteiger partial charge in [-0.15, -0.1) is 0 Å². The van der Waals surface area contributed by atoms with Gasteiger partial charge in [-0.1, -0.05) is 11.6 Å². The molecule has 0 fully saturated rings. The van der Waals surface area contributed by atoms with Gasteiger partial charge in [0.1, 0.15) is 30.2 Å². The molecule has 0 saturated heterocycles. The number of halogens is 1. The van der Waals surface area contributed by atoms with Crippen molar-refractivity contribution in [3.63, 3.8) is 0 Å². The van der Waals surface area contributed by atoms with E-state index in [4.69, 9.17) is 9.94 Å². The Hall–Kier alpha value is -1.53. The lowest BCUT2D eigenvalue weighted by Gasteiger charge is -2.23. The Morgan fingerprint density at radius 1 is 1.11 bits per heavy atom. The first-order valence-electron chi connectivity index (χ1n) is 8.53. The summed E-state index contributed by atoms with van der Waals surface area (Å²) in [6, 6.07) is 0. The highest BCUT2D eigenvalue weighted by Gasteiger charge is 2.31. The van der Waals surface area contributed by atoms with E-state index in [-0.39, 0.29) is 30.6 Å². The second kappa shape index (κ2) is 12.8. The number of carbonyl (C=O) groups is 2. The number of amides is 2. The second-order valence-corrected chi connectivity index (χ2v) is 6.67. The van der Waals surface area contributed by atoms with E-state index in [1.54, 1.807) is 0 Å². The molecule has 154 valence electrons. The molecule has 1 rings (SSSR count). The lowest BCUT2D eigenvalue weighted by atomic mass is 10.1. The first kappa shape index (κ1) is 23.5. The summed E-state index contributed by atoms with van der Waals surface area (Å²) >= 11 is -0.275. The maximum Gasteiger partial charge on any atom is 0.253 e. The summed E-state index contributed by atoms with van der Waals surface area (Å²) in [7, 11) is 0. The number of imide groups is 1. The van der Waals surface area contributed by atoms with Crippen molar-refractivity contribution in [1.29, 1.82) is 0 Å². The number of oxime groups is 1. The van der Waals surface area contributed by atoms with Crippen molar-refractivity contribution in [3.8, 4) is 0 Å². The summed E-state index contributed by atoms with van der Waals surface area (Å²) in [5.41, 5.74) is 0. The van der Waals surface area contributed by atoms with Crippen LogP contribution in [0.5, 0.6) is 0 Å². The van der Waals surface area contributed by atoms with Gasteiger partial charge in [0, 0.05) is 18.7 Å². The van der Waals surface area contributed by atoms with E-state index in [2.05, 4.69) is 5.16 Å². The van der Waals surface area contributed by atoms with E-state index in [1.165, 1.54) is 17.1 Å². The summed E-state index contributed by atoms with van der Waals surface area (Å²) in [6.45, 7) is -0.146. The van der Waals surface area contributed by atoms with Crippen molar-refractivity contribution in [2.45, 2.75) is 49.2 Å². The third kappa shape index (κ3) is 7.93. The second-order valence-electron chi connectivity index (χ2n) is 5.95. The van der Waals surface area contributed by atoms with Gasteiger partial charge < -0.3 is 25.3 Å². The molecule has 0 saturated carbocycles. The molecule has 0 aromatic heterocycles. The molecule has 11 heteroatoms. The first-order valence-corrected chi connectivity index (χ1v) is 9.31. The van der Waals surface area contributed by atoms with Crippen LogP contribution in [0.1, 0.15) is 25.7 Å². The Morgan fingerprint density at radius 3 is 2.33 bits per heavy atom. The largest absolute Gasteiger partial charge is 0.396 e. The van der Waals surface area contributed by atoms with Gasteiger partial charge in [-0.25, -0.2) is 0 Å². The minimum Gasteiger partial charge on any atom is -0.396 e. The van der Waals surface area contributed by atoms with Crippen molar-refractivity contribution < 1.29 is 38.7 Å². The predicted molar refractivity (Wildman–Crippen MR) is 96.4 cm³/mol. The molecule has 0 spiro atoms. The lowest BCUT2D eigenvalue weighted by Crippen LogP contribution is -2.45. The molecule has 4 unspecified atom stereocenters. The van der Waals surface area contributed by atoms with Crippen LogP contribution in [-0.4, -0.2) is 86.7 Å². The highest BCUT2D eigenvalue weighted by molar-refractivity contribution is 7.95. The van der Waals surface area contributed by atoms with Gasteiger partial charge in [-0.2, -0.15) is 3.89 Å². The summed E-state index contributed by atoms with van der Waals surface area (Å²) in [6.07, 6.45) is 1.39. The van der Waals surface area contributed by atoms with Gasteiger partial charge >= 0.3 is 0 Å². The maximum atomic E-state index is 12.8. The summed E-state index contributed by atoms with van der Waals surface area (Å²) in [5.74, 6) is -0.589. The number of hydrogen-bond donors (Lipinski definition) is 4. The van der Waals surface area contributed by atoms with E-state index in [1.807, 2.05) is 0 Å². The highest BCUT2D eigenvalue weighted by atomic mass is 32.2. The fourth-order valence-corrected chi connectivity index (χ4v) is 2.65. The van der Waals surface area contributed by atoms with E-state index < -0.39 is 30.2 Å². The van der Waals surface area contributed by atoms with Crippen LogP contribution in [0.15, 0.2) is 17.3 Å². The van der Waals surface area contributed by atoms with Crippen LogP contribution in [-0.2, 0) is 14.4 Å². The molecule has 0 radical (unpaired) electrons. The number of unbranched alkanes of at least 4 members (excludes halogenated alkanes) is 3. The topological polar surface area (TPSA) is 140 Å². The van der Waals surface area contributed by atoms with Gasteiger partial charge in [0.2, 0.25) is 0 Å². The normalized spacial score (nSPS) is 18.9. The molecule has 9 nitrogen and oxygen atoms in total. The molecule has 0 aliphatic carbocycles. The van der Waals surface area contributed by atoms with Gasteiger partial charge in [-0.3, -0.25) is 14.5 Å². The molecular formula is C16H25FN2O7S. The minimum atomic E-state index is -1.72. The standard InChI is InChI=1S/C16H25FN2O7S/c17-27-12(16(25)15(24)11(21)10-20)9-18-26-8-4-2-1-3-7-19-13(22)5-6-14(19)23/h5-6,9,11-12,15-16,20-21,24-25H,1-4,7-8,10H2/b18-9+. The van der Waals surface area contributed by atoms with Crippen molar-refractivity contribution in [2.75, 3.05) is 19.8 Å². The SMILES string of the molecule is O=C1C=CC(=O)N1CCCCCCO/N=C/C(SF)C(O)C(O)C(O)CO. The Bertz CT molecular complexity index is 517. The van der Waals surface area contributed by atoms with Crippen LogP contribution in [0.25, 0.3) is 0 Å². The van der Waals surface area contributed by atoms with Gasteiger partial charge in [0.05, 0.1) is 25.0 Å². The fraction of sp³-hybridized carbons (Fsp3) is 0.688. The molecule has 0 aromatic rings. The van der Waals surface area contributed by atoms with E-state index in [0.29, 0.717) is 19.4 Å². The Morgan fingerprint density at radius 2 is 1.74 bits per heavy atom.